The van der Waals surface area contributed by atoms with Gasteiger partial charge in [-0.1, -0.05) is 6.07 Å². The van der Waals surface area contributed by atoms with Crippen LogP contribution < -0.4 is 9.47 Å². The Kier molecular flexibility index (Phi) is 6.19. The van der Waals surface area contributed by atoms with Crippen LogP contribution in [0.2, 0.25) is 0 Å². The molecule has 7 nitrogen and oxygen atoms in total. The van der Waals surface area contributed by atoms with Crippen LogP contribution in [0.15, 0.2) is 24.3 Å². The molecule has 0 unspecified atom stereocenters. The van der Waals surface area contributed by atoms with Crippen molar-refractivity contribution in [2.75, 3.05) is 34.5 Å². The van der Waals surface area contributed by atoms with Gasteiger partial charge in [0.1, 0.15) is 12.2 Å². The Balaban J connectivity index is 2.06. The molecule has 1 saturated heterocycles. The standard InChI is InChI=1S/C17H23NO6/c1-18(12-9-24-10-13(19)17(12)21)16(20)7-5-11-4-6-14(22-2)15(8-11)23-3/h4-8,12-13,17,19,21H,9-10H2,1-3H3/b7-5+/t12-,13-,17+/m1/s1. The molecule has 2 rings (SSSR count). The van der Waals surface area contributed by atoms with Crippen LogP contribution in [0.5, 0.6) is 11.5 Å². The SMILES string of the molecule is COc1ccc(/C=C/C(=O)N(C)[C@@H]2COC[C@@H](O)[C@H]2O)cc1OC. The number of hydrogen-bond acceptors (Lipinski definition) is 6. The van der Waals surface area contributed by atoms with Crippen molar-refractivity contribution in [3.63, 3.8) is 0 Å². The Morgan fingerprint density at radius 3 is 2.62 bits per heavy atom. The highest BCUT2D eigenvalue weighted by Crippen LogP contribution is 2.28. The van der Waals surface area contributed by atoms with E-state index in [4.69, 9.17) is 14.2 Å². The highest BCUT2D eigenvalue weighted by Gasteiger charge is 2.35. The van der Waals surface area contributed by atoms with Crippen molar-refractivity contribution in [3.05, 3.63) is 29.8 Å². The van der Waals surface area contributed by atoms with Crippen molar-refractivity contribution in [2.24, 2.45) is 0 Å². The zero-order chi connectivity index (χ0) is 17.7. The van der Waals surface area contributed by atoms with Crippen molar-refractivity contribution >= 4 is 12.0 Å². The van der Waals surface area contributed by atoms with Gasteiger partial charge in [0.15, 0.2) is 11.5 Å². The molecule has 0 aliphatic carbocycles. The lowest BCUT2D eigenvalue weighted by Gasteiger charge is -2.37. The summed E-state index contributed by atoms with van der Waals surface area (Å²) in [5.41, 5.74) is 0.773. The van der Waals surface area contributed by atoms with Gasteiger partial charge in [-0.15, -0.1) is 0 Å². The number of nitrogens with zero attached hydrogens (tertiary/aromatic N) is 1. The molecule has 0 bridgehead atoms. The third-order valence-corrected chi connectivity index (χ3v) is 4.04. The summed E-state index contributed by atoms with van der Waals surface area (Å²) in [7, 11) is 4.66. The maximum absolute atomic E-state index is 12.3. The lowest BCUT2D eigenvalue weighted by Crippen LogP contribution is -2.56. The van der Waals surface area contributed by atoms with Crippen molar-refractivity contribution in [2.45, 2.75) is 18.2 Å². The first-order valence-electron chi connectivity index (χ1n) is 7.58. The molecule has 3 atom stereocenters. The van der Waals surface area contributed by atoms with E-state index in [1.165, 1.54) is 11.0 Å². The van der Waals surface area contributed by atoms with Crippen LogP contribution in [-0.4, -0.2) is 73.8 Å². The molecule has 1 heterocycles. The summed E-state index contributed by atoms with van der Waals surface area (Å²) in [6.45, 7) is 0.256. The third kappa shape index (κ3) is 4.05. The van der Waals surface area contributed by atoms with E-state index in [1.54, 1.807) is 45.5 Å². The zero-order valence-electron chi connectivity index (χ0n) is 14.0. The molecule has 1 aliphatic heterocycles. The number of hydrogen-bond donors (Lipinski definition) is 2. The number of ether oxygens (including phenoxy) is 3. The summed E-state index contributed by atoms with van der Waals surface area (Å²) in [6.07, 6.45) is 1.03. The first-order chi connectivity index (χ1) is 11.5. The fourth-order valence-corrected chi connectivity index (χ4v) is 2.51. The second-order valence-corrected chi connectivity index (χ2v) is 5.56. The molecule has 1 amide bonds. The second kappa shape index (κ2) is 8.14. The number of amides is 1. The molecule has 132 valence electrons. The maximum Gasteiger partial charge on any atom is 0.246 e. The predicted octanol–water partition coefficient (Wildman–Crippen LogP) is 0.296. The Labute approximate surface area is 141 Å². The summed E-state index contributed by atoms with van der Waals surface area (Å²) in [5.74, 6) is 0.876. The van der Waals surface area contributed by atoms with Gasteiger partial charge in [-0.3, -0.25) is 4.79 Å². The normalized spacial score (nSPS) is 24.0. The molecule has 7 heteroatoms. The number of aliphatic hydroxyl groups excluding tert-OH is 2. The number of carbonyl (C=O) groups is 1. The van der Waals surface area contributed by atoms with E-state index in [0.717, 1.165) is 5.56 Å². The smallest absolute Gasteiger partial charge is 0.246 e. The zero-order valence-corrected chi connectivity index (χ0v) is 14.0. The number of methoxy groups -OCH3 is 2. The Hall–Kier alpha value is -2.09. The average Bonchev–Trinajstić information content (AvgIpc) is 2.61. The molecule has 2 N–H and O–H groups in total. The summed E-state index contributed by atoms with van der Waals surface area (Å²) in [6, 6.07) is 4.72. The van der Waals surface area contributed by atoms with E-state index in [9.17, 15) is 15.0 Å². The minimum Gasteiger partial charge on any atom is -0.493 e. The van der Waals surface area contributed by atoms with Crippen LogP contribution in [0.4, 0.5) is 0 Å². The molecular weight excluding hydrogens is 314 g/mol. The van der Waals surface area contributed by atoms with Gasteiger partial charge in [-0.2, -0.15) is 0 Å². The topological polar surface area (TPSA) is 88.5 Å². The number of rotatable bonds is 5. The van der Waals surface area contributed by atoms with Gasteiger partial charge in [0.2, 0.25) is 5.91 Å². The van der Waals surface area contributed by atoms with Gasteiger partial charge in [0.05, 0.1) is 33.5 Å². The molecular formula is C17H23NO6. The molecule has 1 fully saturated rings. The molecule has 24 heavy (non-hydrogen) atoms. The molecule has 0 radical (unpaired) electrons. The van der Waals surface area contributed by atoms with Gasteiger partial charge in [0.25, 0.3) is 0 Å². The third-order valence-electron chi connectivity index (χ3n) is 4.04. The van der Waals surface area contributed by atoms with E-state index in [1.807, 2.05) is 0 Å². The summed E-state index contributed by atoms with van der Waals surface area (Å²) in [5, 5.41) is 19.6. The fraction of sp³-hybridized carbons (Fsp3) is 0.471. The fourth-order valence-electron chi connectivity index (χ4n) is 2.51. The van der Waals surface area contributed by atoms with Crippen molar-refractivity contribution < 1.29 is 29.2 Å². The Bertz CT molecular complexity index is 603. The minimum absolute atomic E-state index is 0.0706. The van der Waals surface area contributed by atoms with Crippen LogP contribution in [0.25, 0.3) is 6.08 Å². The van der Waals surface area contributed by atoms with Gasteiger partial charge >= 0.3 is 0 Å². The van der Waals surface area contributed by atoms with E-state index in [-0.39, 0.29) is 19.1 Å². The van der Waals surface area contributed by atoms with Crippen LogP contribution >= 0.6 is 0 Å². The lowest BCUT2D eigenvalue weighted by atomic mass is 10.0. The number of carbonyl (C=O) groups excluding carboxylic acids is 1. The van der Waals surface area contributed by atoms with Crippen LogP contribution in [0.1, 0.15) is 5.56 Å². The maximum atomic E-state index is 12.3. The van der Waals surface area contributed by atoms with Gasteiger partial charge in [-0.25, -0.2) is 0 Å². The van der Waals surface area contributed by atoms with Crippen molar-refractivity contribution in [1.82, 2.24) is 4.90 Å². The number of aliphatic hydroxyl groups is 2. The molecule has 0 spiro atoms. The quantitative estimate of drug-likeness (QED) is 0.751. The number of likely N-dealkylation sites (N-methyl/N-ethyl adjacent to an activating group) is 1. The van der Waals surface area contributed by atoms with Gasteiger partial charge in [0, 0.05) is 13.1 Å². The predicted molar refractivity (Wildman–Crippen MR) is 88.0 cm³/mol. The molecule has 1 aliphatic rings. The highest BCUT2D eigenvalue weighted by molar-refractivity contribution is 5.92. The van der Waals surface area contributed by atoms with Gasteiger partial charge in [-0.05, 0) is 23.8 Å². The monoisotopic (exact) mass is 337 g/mol. The highest BCUT2D eigenvalue weighted by atomic mass is 16.5. The summed E-state index contributed by atoms with van der Waals surface area (Å²) < 4.78 is 15.6. The lowest BCUT2D eigenvalue weighted by molar-refractivity contribution is -0.149. The van der Waals surface area contributed by atoms with Crippen LogP contribution in [-0.2, 0) is 9.53 Å². The van der Waals surface area contributed by atoms with E-state index >= 15 is 0 Å². The summed E-state index contributed by atoms with van der Waals surface area (Å²) in [4.78, 5) is 13.6. The van der Waals surface area contributed by atoms with Crippen LogP contribution in [0, 0.1) is 0 Å². The molecule has 0 aromatic heterocycles. The molecule has 1 aromatic rings. The Morgan fingerprint density at radius 2 is 1.96 bits per heavy atom. The van der Waals surface area contributed by atoms with Gasteiger partial charge < -0.3 is 29.3 Å². The first-order valence-corrected chi connectivity index (χ1v) is 7.58. The minimum atomic E-state index is -1.03. The molecule has 1 aromatic carbocycles. The van der Waals surface area contributed by atoms with Crippen molar-refractivity contribution in [3.8, 4) is 11.5 Å². The van der Waals surface area contributed by atoms with Crippen molar-refractivity contribution in [1.29, 1.82) is 0 Å². The molecule has 0 saturated carbocycles. The van der Waals surface area contributed by atoms with E-state index in [0.29, 0.717) is 11.5 Å². The second-order valence-electron chi connectivity index (χ2n) is 5.56. The van der Waals surface area contributed by atoms with E-state index < -0.39 is 18.2 Å². The largest absolute Gasteiger partial charge is 0.493 e. The Morgan fingerprint density at radius 1 is 1.25 bits per heavy atom. The van der Waals surface area contributed by atoms with E-state index in [2.05, 4.69) is 0 Å². The number of benzene rings is 1. The van der Waals surface area contributed by atoms with Crippen LogP contribution in [0.3, 0.4) is 0 Å². The first kappa shape index (κ1) is 18.3. The summed E-state index contributed by atoms with van der Waals surface area (Å²) >= 11 is 0. The average molecular weight is 337 g/mol.